The molecule has 12 heteroatoms. The molecule has 3 aromatic carbocycles. The van der Waals surface area contributed by atoms with Crippen molar-refractivity contribution in [2.75, 3.05) is 6.61 Å². The number of hydrogen-bond acceptors (Lipinski definition) is 10. The molecule has 0 spiro atoms. The lowest BCUT2D eigenvalue weighted by atomic mass is 9.97. The van der Waals surface area contributed by atoms with Crippen LogP contribution in [0.25, 0.3) is 0 Å². The normalized spacial score (nSPS) is 18.1. The Morgan fingerprint density at radius 3 is 1.23 bits per heavy atom. The first-order valence-corrected chi connectivity index (χ1v) is 27.8. The molecule has 0 bridgehead atoms. The second-order valence-corrected chi connectivity index (χ2v) is 19.7. The van der Waals surface area contributed by atoms with E-state index < -0.39 is 30.7 Å². The highest BCUT2D eigenvalue weighted by atomic mass is 16.7. The average Bonchev–Trinajstić information content (AvgIpc) is 4.07. The quantitative estimate of drug-likeness (QED) is 0.0351. The number of benzene rings is 3. The Labute approximate surface area is 426 Å². The molecule has 71 heavy (non-hydrogen) atoms. The second kappa shape index (κ2) is 35.0. The van der Waals surface area contributed by atoms with Crippen molar-refractivity contribution in [3.8, 4) is 0 Å². The molecule has 0 aliphatic carbocycles. The zero-order valence-electron chi connectivity index (χ0n) is 43.5. The van der Waals surface area contributed by atoms with E-state index in [1.807, 2.05) is 76.4 Å². The van der Waals surface area contributed by atoms with Crippen molar-refractivity contribution >= 4 is 0 Å². The van der Waals surface area contributed by atoms with E-state index in [1.54, 1.807) is 0 Å². The van der Waals surface area contributed by atoms with Crippen molar-refractivity contribution in [3.63, 3.8) is 0 Å². The first-order chi connectivity index (χ1) is 35.2. The first kappa shape index (κ1) is 56.0. The van der Waals surface area contributed by atoms with Gasteiger partial charge in [-0.15, -0.1) is 10.2 Å². The zero-order chi connectivity index (χ0) is 49.2. The van der Waals surface area contributed by atoms with E-state index in [0.29, 0.717) is 19.8 Å². The molecule has 0 N–H and O–H groups in total. The second-order valence-electron chi connectivity index (χ2n) is 19.7. The molecule has 2 aromatic heterocycles. The molecular formula is C59H88N6O6. The van der Waals surface area contributed by atoms with Crippen molar-refractivity contribution in [1.82, 2.24) is 30.0 Å². The first-order valence-electron chi connectivity index (χ1n) is 27.8. The summed E-state index contributed by atoms with van der Waals surface area (Å²) in [4.78, 5) is 0. The Hall–Kier alpha value is -4.30. The molecule has 390 valence electrons. The third-order valence-electron chi connectivity index (χ3n) is 13.5. The van der Waals surface area contributed by atoms with Crippen LogP contribution in [0.5, 0.6) is 0 Å². The third-order valence-corrected chi connectivity index (χ3v) is 13.5. The number of hydrogen-bond donors (Lipinski definition) is 0. The number of aromatic nitrogens is 6. The fourth-order valence-corrected chi connectivity index (χ4v) is 9.37. The van der Waals surface area contributed by atoms with E-state index in [1.165, 1.54) is 128 Å². The monoisotopic (exact) mass is 977 g/mol. The number of unbranched alkanes of at least 4 members (excludes halogenated alkanes) is 20. The summed E-state index contributed by atoms with van der Waals surface area (Å²) in [7, 11) is 0. The molecule has 1 aliphatic heterocycles. The van der Waals surface area contributed by atoms with E-state index in [0.717, 1.165) is 54.0 Å². The number of rotatable bonds is 40. The lowest BCUT2D eigenvalue weighted by Crippen LogP contribution is -2.61. The molecule has 0 saturated carbocycles. The van der Waals surface area contributed by atoms with Gasteiger partial charge in [0.25, 0.3) is 0 Å². The maximum absolute atomic E-state index is 6.94. The number of aryl methyl sites for hydroxylation is 2. The molecule has 3 heterocycles. The van der Waals surface area contributed by atoms with Gasteiger partial charge in [0, 0.05) is 13.1 Å². The summed E-state index contributed by atoms with van der Waals surface area (Å²) in [5.74, 6) is 0. The van der Waals surface area contributed by atoms with Crippen LogP contribution < -0.4 is 0 Å². The van der Waals surface area contributed by atoms with E-state index >= 15 is 0 Å². The van der Waals surface area contributed by atoms with Crippen LogP contribution in [-0.4, -0.2) is 67.3 Å². The summed E-state index contributed by atoms with van der Waals surface area (Å²) in [5.41, 5.74) is 4.61. The van der Waals surface area contributed by atoms with E-state index in [-0.39, 0.29) is 19.8 Å². The Bertz CT molecular complexity index is 2040. The summed E-state index contributed by atoms with van der Waals surface area (Å²) in [6.07, 6.45) is 29.5. The molecule has 5 atom stereocenters. The van der Waals surface area contributed by atoms with Gasteiger partial charge in [-0.25, -0.2) is 0 Å². The minimum absolute atomic E-state index is 0.185. The number of ether oxygens (including phenoxy) is 6. The Morgan fingerprint density at radius 1 is 0.408 bits per heavy atom. The van der Waals surface area contributed by atoms with Crippen LogP contribution in [0.15, 0.2) is 103 Å². The summed E-state index contributed by atoms with van der Waals surface area (Å²) in [6.45, 7) is 7.93. The van der Waals surface area contributed by atoms with E-state index in [9.17, 15) is 0 Å². The SMILES string of the molecule is CCCCCCCCCCCCCn1cc(COC[C@H]2O[C@H](OCc3cn(CCCCCCCCCCCCC)nn3)[C@H](OCc3ccccc3)[C@@H](OCc3ccccc3)[C@@H]2OCc2ccccc2)nn1. The van der Waals surface area contributed by atoms with Crippen molar-refractivity contribution in [2.45, 2.75) is 232 Å². The summed E-state index contributed by atoms with van der Waals surface area (Å²) < 4.78 is 44.6. The van der Waals surface area contributed by atoms with Gasteiger partial charge in [-0.05, 0) is 29.5 Å². The molecule has 1 fully saturated rings. The molecule has 5 aromatic rings. The molecule has 0 amide bonds. The van der Waals surface area contributed by atoms with Crippen LogP contribution in [0.3, 0.4) is 0 Å². The molecule has 6 rings (SSSR count). The van der Waals surface area contributed by atoms with E-state index in [4.69, 9.17) is 28.4 Å². The van der Waals surface area contributed by atoms with Gasteiger partial charge in [-0.1, -0.05) is 244 Å². The van der Waals surface area contributed by atoms with Crippen molar-refractivity contribution in [1.29, 1.82) is 0 Å². The van der Waals surface area contributed by atoms with Crippen molar-refractivity contribution < 1.29 is 28.4 Å². The van der Waals surface area contributed by atoms with Crippen LogP contribution >= 0.6 is 0 Å². The van der Waals surface area contributed by atoms with Gasteiger partial charge >= 0.3 is 0 Å². The van der Waals surface area contributed by atoms with Gasteiger partial charge < -0.3 is 28.4 Å². The van der Waals surface area contributed by atoms with Gasteiger partial charge in [0.05, 0.1) is 52.0 Å². The highest BCUT2D eigenvalue weighted by Gasteiger charge is 2.49. The molecular weight excluding hydrogens is 889 g/mol. The summed E-state index contributed by atoms with van der Waals surface area (Å²) in [5, 5.41) is 17.9. The van der Waals surface area contributed by atoms with Crippen LogP contribution in [0.4, 0.5) is 0 Å². The van der Waals surface area contributed by atoms with Crippen molar-refractivity contribution in [2.24, 2.45) is 0 Å². The maximum Gasteiger partial charge on any atom is 0.187 e. The smallest absolute Gasteiger partial charge is 0.187 e. The van der Waals surface area contributed by atoms with Gasteiger partial charge in [0.2, 0.25) is 0 Å². The fraction of sp³-hybridized carbons (Fsp3) is 0.627. The minimum atomic E-state index is -0.840. The van der Waals surface area contributed by atoms with Gasteiger partial charge in [-0.2, -0.15) is 0 Å². The van der Waals surface area contributed by atoms with Crippen LogP contribution in [0, 0.1) is 0 Å². The van der Waals surface area contributed by atoms with Crippen LogP contribution in [0.1, 0.15) is 183 Å². The predicted molar refractivity (Wildman–Crippen MR) is 281 cm³/mol. The summed E-state index contributed by atoms with van der Waals surface area (Å²) in [6, 6.07) is 30.5. The maximum atomic E-state index is 6.94. The van der Waals surface area contributed by atoms with Crippen molar-refractivity contribution in [3.05, 3.63) is 131 Å². The van der Waals surface area contributed by atoms with Gasteiger partial charge in [0.1, 0.15) is 35.8 Å². The average molecular weight is 977 g/mol. The Morgan fingerprint density at radius 2 is 0.789 bits per heavy atom. The number of nitrogens with zero attached hydrogens (tertiary/aromatic N) is 6. The largest absolute Gasteiger partial charge is 0.372 e. The third kappa shape index (κ3) is 22.2. The van der Waals surface area contributed by atoms with E-state index in [2.05, 4.69) is 70.9 Å². The Balaban J connectivity index is 1.09. The van der Waals surface area contributed by atoms with Crippen LogP contribution in [-0.2, 0) is 74.5 Å². The molecule has 0 radical (unpaired) electrons. The van der Waals surface area contributed by atoms with Crippen LogP contribution in [0.2, 0.25) is 0 Å². The predicted octanol–water partition coefficient (Wildman–Crippen LogP) is 13.7. The Kier molecular flexibility index (Phi) is 27.6. The lowest BCUT2D eigenvalue weighted by Gasteiger charge is -2.45. The standard InChI is InChI=1S/C59H88N6O6/c1-3-5-7-9-11-13-15-17-19-21-32-40-64-42-53(60-62-64)47-66-49-55-56(67-44-50-34-26-23-27-35-50)57(68-45-51-36-28-24-29-37-51)58(69-46-52-38-30-25-31-39-52)59(71-55)70-48-54-43-65(63-61-54)41-33-22-20-18-16-14-12-10-8-6-4-2/h23-31,34-39,42-43,55-59H,3-22,32-33,40-41,44-49H2,1-2H3/t55-,56-,57+,58-,59+/m1/s1. The fourth-order valence-electron chi connectivity index (χ4n) is 9.37. The zero-order valence-corrected chi connectivity index (χ0v) is 43.5. The summed E-state index contributed by atoms with van der Waals surface area (Å²) >= 11 is 0. The van der Waals surface area contributed by atoms with Gasteiger partial charge in [-0.3, -0.25) is 9.36 Å². The lowest BCUT2D eigenvalue weighted by molar-refractivity contribution is -0.331. The molecule has 1 aliphatic rings. The molecule has 0 unspecified atom stereocenters. The van der Waals surface area contributed by atoms with Gasteiger partial charge in [0.15, 0.2) is 6.29 Å². The molecule has 1 saturated heterocycles. The minimum Gasteiger partial charge on any atom is -0.372 e. The highest BCUT2D eigenvalue weighted by Crippen LogP contribution is 2.32. The molecule has 12 nitrogen and oxygen atoms in total. The topological polar surface area (TPSA) is 117 Å². The highest BCUT2D eigenvalue weighted by molar-refractivity contribution is 5.16.